The third-order valence-electron chi connectivity index (χ3n) is 2.54. The van der Waals surface area contributed by atoms with Crippen molar-refractivity contribution in [2.45, 2.75) is 20.3 Å². The number of ether oxygens (including phenoxy) is 1. The molecule has 0 N–H and O–H groups in total. The first-order chi connectivity index (χ1) is 8.47. The normalized spacial score (nSPS) is 12.0. The van der Waals surface area contributed by atoms with Gasteiger partial charge in [0.05, 0.1) is 6.61 Å². The standard InChI is InChI=1S/C13H14F2O3/c1-3-18-13(17)8(2)12(16)7-9-10(14)5-4-6-11(9)15/h4-6,8H,3,7H2,1-2H3. The van der Waals surface area contributed by atoms with Crippen molar-refractivity contribution < 1.29 is 23.1 Å². The van der Waals surface area contributed by atoms with Crippen LogP contribution in [0.5, 0.6) is 0 Å². The van der Waals surface area contributed by atoms with Crippen LogP contribution in [0.15, 0.2) is 18.2 Å². The summed E-state index contributed by atoms with van der Waals surface area (Å²) in [6, 6.07) is 3.36. The lowest BCUT2D eigenvalue weighted by Crippen LogP contribution is -2.25. The van der Waals surface area contributed by atoms with Crippen LogP contribution in [0.3, 0.4) is 0 Å². The third kappa shape index (κ3) is 3.35. The second kappa shape index (κ2) is 6.23. The quantitative estimate of drug-likeness (QED) is 0.599. The number of carbonyl (C=O) groups excluding carboxylic acids is 2. The minimum absolute atomic E-state index is 0.157. The summed E-state index contributed by atoms with van der Waals surface area (Å²) in [5.41, 5.74) is -0.321. The van der Waals surface area contributed by atoms with Gasteiger partial charge in [-0.1, -0.05) is 6.07 Å². The Balaban J connectivity index is 2.79. The van der Waals surface area contributed by atoms with Crippen LogP contribution in [0.1, 0.15) is 19.4 Å². The summed E-state index contributed by atoms with van der Waals surface area (Å²) in [6.07, 6.45) is -0.460. The summed E-state index contributed by atoms with van der Waals surface area (Å²) in [6.45, 7) is 3.13. The minimum Gasteiger partial charge on any atom is -0.465 e. The summed E-state index contributed by atoms with van der Waals surface area (Å²) in [4.78, 5) is 23.0. The smallest absolute Gasteiger partial charge is 0.316 e. The van der Waals surface area contributed by atoms with Gasteiger partial charge in [-0.3, -0.25) is 9.59 Å². The fraction of sp³-hybridized carbons (Fsp3) is 0.385. The molecule has 0 aliphatic rings. The molecule has 0 aromatic heterocycles. The first-order valence-electron chi connectivity index (χ1n) is 5.59. The molecule has 0 amide bonds. The second-order valence-electron chi connectivity index (χ2n) is 3.82. The van der Waals surface area contributed by atoms with E-state index in [4.69, 9.17) is 0 Å². The first-order valence-corrected chi connectivity index (χ1v) is 5.59. The van der Waals surface area contributed by atoms with E-state index in [-0.39, 0.29) is 12.2 Å². The average Bonchev–Trinajstić information content (AvgIpc) is 2.33. The van der Waals surface area contributed by atoms with Crippen molar-refractivity contribution in [2.75, 3.05) is 6.61 Å². The van der Waals surface area contributed by atoms with Crippen molar-refractivity contribution in [1.29, 1.82) is 0 Å². The lowest BCUT2D eigenvalue weighted by Gasteiger charge is -2.10. The molecular weight excluding hydrogens is 242 g/mol. The number of benzene rings is 1. The van der Waals surface area contributed by atoms with Crippen molar-refractivity contribution in [3.05, 3.63) is 35.4 Å². The van der Waals surface area contributed by atoms with Gasteiger partial charge in [0.15, 0.2) is 5.78 Å². The maximum Gasteiger partial charge on any atom is 0.316 e. The molecule has 0 fully saturated rings. The zero-order chi connectivity index (χ0) is 13.7. The molecule has 1 unspecified atom stereocenters. The third-order valence-corrected chi connectivity index (χ3v) is 2.54. The monoisotopic (exact) mass is 256 g/mol. The fourth-order valence-electron chi connectivity index (χ4n) is 1.43. The van der Waals surface area contributed by atoms with Crippen molar-refractivity contribution >= 4 is 11.8 Å². The minimum atomic E-state index is -1.02. The van der Waals surface area contributed by atoms with E-state index in [2.05, 4.69) is 4.74 Å². The predicted octanol–water partition coefficient (Wildman–Crippen LogP) is 2.28. The molecule has 0 heterocycles. The van der Waals surface area contributed by atoms with E-state index >= 15 is 0 Å². The van der Waals surface area contributed by atoms with Crippen LogP contribution < -0.4 is 0 Å². The number of halogens is 2. The molecule has 0 aliphatic heterocycles. The highest BCUT2D eigenvalue weighted by Crippen LogP contribution is 2.15. The molecule has 3 nitrogen and oxygen atoms in total. The van der Waals surface area contributed by atoms with Gasteiger partial charge in [-0.05, 0) is 26.0 Å². The van der Waals surface area contributed by atoms with Gasteiger partial charge in [-0.15, -0.1) is 0 Å². The van der Waals surface area contributed by atoms with Crippen LogP contribution in [0.4, 0.5) is 8.78 Å². The fourth-order valence-corrected chi connectivity index (χ4v) is 1.43. The average molecular weight is 256 g/mol. The summed E-state index contributed by atoms with van der Waals surface area (Å²) in [5, 5.41) is 0. The number of rotatable bonds is 5. The molecule has 1 rings (SSSR count). The largest absolute Gasteiger partial charge is 0.465 e. The highest BCUT2D eigenvalue weighted by atomic mass is 19.1. The molecule has 0 saturated carbocycles. The van der Waals surface area contributed by atoms with Gasteiger partial charge in [-0.25, -0.2) is 8.78 Å². The second-order valence-corrected chi connectivity index (χ2v) is 3.82. The summed E-state index contributed by atoms with van der Waals surface area (Å²) >= 11 is 0. The maximum atomic E-state index is 13.3. The van der Waals surface area contributed by atoms with Gasteiger partial charge in [-0.2, -0.15) is 0 Å². The molecule has 1 aromatic carbocycles. The van der Waals surface area contributed by atoms with Gasteiger partial charge < -0.3 is 4.74 Å². The predicted molar refractivity (Wildman–Crippen MR) is 60.9 cm³/mol. The number of ketones is 1. The van der Waals surface area contributed by atoms with Gasteiger partial charge >= 0.3 is 5.97 Å². The van der Waals surface area contributed by atoms with Crippen LogP contribution in [-0.4, -0.2) is 18.4 Å². The van der Waals surface area contributed by atoms with Crippen molar-refractivity contribution in [3.8, 4) is 0 Å². The molecule has 1 atom stereocenters. The van der Waals surface area contributed by atoms with Gasteiger partial charge in [0, 0.05) is 12.0 Å². The van der Waals surface area contributed by atoms with Crippen LogP contribution in [0.25, 0.3) is 0 Å². The maximum absolute atomic E-state index is 13.3. The Morgan fingerprint density at radius 3 is 2.33 bits per heavy atom. The molecule has 18 heavy (non-hydrogen) atoms. The van der Waals surface area contributed by atoms with E-state index in [0.29, 0.717) is 0 Å². The van der Waals surface area contributed by atoms with Crippen LogP contribution in [-0.2, 0) is 20.7 Å². The van der Waals surface area contributed by atoms with Crippen LogP contribution in [0, 0.1) is 17.6 Å². The Kier molecular flexibility index (Phi) is 4.95. The molecule has 0 saturated heterocycles. The molecule has 0 bridgehead atoms. The van der Waals surface area contributed by atoms with E-state index < -0.39 is 35.7 Å². The van der Waals surface area contributed by atoms with Crippen LogP contribution in [0.2, 0.25) is 0 Å². The Bertz CT molecular complexity index is 437. The molecule has 0 spiro atoms. The van der Waals surface area contributed by atoms with E-state index in [1.54, 1.807) is 6.92 Å². The number of Topliss-reactive ketones (excluding diaryl/α,β-unsaturated/α-hetero) is 1. The zero-order valence-corrected chi connectivity index (χ0v) is 10.2. The molecular formula is C13H14F2O3. The van der Waals surface area contributed by atoms with Crippen molar-refractivity contribution in [1.82, 2.24) is 0 Å². The molecule has 98 valence electrons. The van der Waals surface area contributed by atoms with Gasteiger partial charge in [0.25, 0.3) is 0 Å². The van der Waals surface area contributed by atoms with Crippen LogP contribution >= 0.6 is 0 Å². The molecule has 1 aromatic rings. The number of hydrogen-bond acceptors (Lipinski definition) is 3. The molecule has 0 radical (unpaired) electrons. The van der Waals surface area contributed by atoms with E-state index in [9.17, 15) is 18.4 Å². The highest BCUT2D eigenvalue weighted by molar-refractivity contribution is 5.99. The Morgan fingerprint density at radius 2 is 1.83 bits per heavy atom. The van der Waals surface area contributed by atoms with E-state index in [1.165, 1.54) is 13.0 Å². The van der Waals surface area contributed by atoms with Gasteiger partial charge in [0.1, 0.15) is 17.6 Å². The number of hydrogen-bond donors (Lipinski definition) is 0. The zero-order valence-electron chi connectivity index (χ0n) is 10.2. The molecule has 0 aliphatic carbocycles. The Labute approximate surface area is 104 Å². The van der Waals surface area contributed by atoms with E-state index in [1.807, 2.05) is 0 Å². The SMILES string of the molecule is CCOC(=O)C(C)C(=O)Cc1c(F)cccc1F. The highest BCUT2D eigenvalue weighted by Gasteiger charge is 2.24. The van der Waals surface area contributed by atoms with Crippen molar-refractivity contribution in [3.63, 3.8) is 0 Å². The lowest BCUT2D eigenvalue weighted by atomic mass is 9.99. The summed E-state index contributed by atoms with van der Waals surface area (Å²) in [5.74, 6) is -3.86. The lowest BCUT2D eigenvalue weighted by molar-refractivity contribution is -0.150. The Hall–Kier alpha value is -1.78. The summed E-state index contributed by atoms with van der Waals surface area (Å²) in [7, 11) is 0. The first kappa shape index (κ1) is 14.3. The molecule has 5 heteroatoms. The number of esters is 1. The van der Waals surface area contributed by atoms with Crippen molar-refractivity contribution in [2.24, 2.45) is 5.92 Å². The topological polar surface area (TPSA) is 43.4 Å². The van der Waals surface area contributed by atoms with Gasteiger partial charge in [0.2, 0.25) is 0 Å². The summed E-state index contributed by atoms with van der Waals surface area (Å²) < 4.78 is 31.3. The number of carbonyl (C=O) groups is 2. The van der Waals surface area contributed by atoms with E-state index in [0.717, 1.165) is 12.1 Å². The Morgan fingerprint density at radius 1 is 1.28 bits per heavy atom.